The topological polar surface area (TPSA) is 122 Å². The van der Waals surface area contributed by atoms with Crippen molar-refractivity contribution in [3.8, 4) is 12.3 Å². The van der Waals surface area contributed by atoms with Gasteiger partial charge in [-0.3, -0.25) is 19.3 Å². The van der Waals surface area contributed by atoms with Crippen molar-refractivity contribution in [3.63, 3.8) is 0 Å². The molecule has 0 bridgehead atoms. The first-order chi connectivity index (χ1) is 22.6. The third kappa shape index (κ3) is 13.8. The number of aliphatic hydroxyl groups excluding tert-OH is 2. The van der Waals surface area contributed by atoms with E-state index in [1.807, 2.05) is 55.9 Å². The zero-order valence-electron chi connectivity index (χ0n) is 28.7. The van der Waals surface area contributed by atoms with Crippen molar-refractivity contribution in [2.45, 2.75) is 102 Å². The van der Waals surface area contributed by atoms with Crippen LogP contribution in [0.3, 0.4) is 0 Å². The van der Waals surface area contributed by atoms with E-state index >= 15 is 0 Å². The smallest absolute Gasteiger partial charge is 0.243 e. The molecule has 10 heteroatoms. The third-order valence-corrected chi connectivity index (χ3v) is 10.5. The second-order valence-corrected chi connectivity index (χ2v) is 15.1. The number of rotatable bonds is 18. The van der Waals surface area contributed by atoms with Crippen molar-refractivity contribution >= 4 is 29.5 Å². The molecule has 4 N–H and O–H groups in total. The van der Waals surface area contributed by atoms with Crippen LogP contribution in [0.1, 0.15) is 77.2 Å². The molecule has 1 aliphatic heterocycles. The molecule has 262 valence electrons. The highest BCUT2D eigenvalue weighted by Gasteiger charge is 2.34. The Bertz CT molecular complexity index is 1130. The maximum absolute atomic E-state index is 13.8. The van der Waals surface area contributed by atoms with Gasteiger partial charge in [0.25, 0.3) is 0 Å². The van der Waals surface area contributed by atoms with E-state index in [1.165, 1.54) is 6.42 Å². The van der Waals surface area contributed by atoms with Crippen molar-refractivity contribution in [2.75, 3.05) is 44.7 Å². The summed E-state index contributed by atoms with van der Waals surface area (Å²) >= 11 is 1.95. The van der Waals surface area contributed by atoms with Crippen molar-refractivity contribution < 1.29 is 24.6 Å². The van der Waals surface area contributed by atoms with Gasteiger partial charge in [0.1, 0.15) is 12.1 Å². The molecule has 1 aliphatic carbocycles. The number of carbonyl (C=O) groups excluding carboxylic acids is 3. The fraction of sp³-hybridized carbons (Fsp3) is 0.703. The van der Waals surface area contributed by atoms with Crippen LogP contribution >= 0.6 is 11.8 Å². The van der Waals surface area contributed by atoms with Gasteiger partial charge in [0.05, 0.1) is 18.1 Å². The summed E-state index contributed by atoms with van der Waals surface area (Å²) in [5.74, 6) is 3.49. The van der Waals surface area contributed by atoms with E-state index in [2.05, 4.69) is 21.5 Å². The van der Waals surface area contributed by atoms with Gasteiger partial charge in [-0.15, -0.1) is 12.3 Å². The van der Waals surface area contributed by atoms with E-state index in [1.54, 1.807) is 11.9 Å². The number of benzene rings is 1. The summed E-state index contributed by atoms with van der Waals surface area (Å²) in [6.07, 6.45) is 10.2. The molecule has 0 aromatic heterocycles. The van der Waals surface area contributed by atoms with Crippen molar-refractivity contribution in [1.29, 1.82) is 0 Å². The van der Waals surface area contributed by atoms with Crippen LogP contribution in [0.5, 0.6) is 0 Å². The minimum Gasteiger partial charge on any atom is -0.390 e. The van der Waals surface area contributed by atoms with Crippen LogP contribution in [-0.4, -0.2) is 107 Å². The average Bonchev–Trinajstić information content (AvgIpc) is 3.07. The first-order valence-electron chi connectivity index (χ1n) is 17.6. The van der Waals surface area contributed by atoms with Gasteiger partial charge in [-0.05, 0) is 36.7 Å². The lowest BCUT2D eigenvalue weighted by atomic mass is 9.82. The quantitative estimate of drug-likeness (QED) is 0.177. The fourth-order valence-corrected chi connectivity index (χ4v) is 7.60. The van der Waals surface area contributed by atoms with E-state index < -0.39 is 42.0 Å². The molecule has 9 nitrogen and oxygen atoms in total. The number of aliphatic hydroxyl groups is 2. The molecule has 47 heavy (non-hydrogen) atoms. The first kappa shape index (κ1) is 38.9. The summed E-state index contributed by atoms with van der Waals surface area (Å²) in [4.78, 5) is 45.0. The van der Waals surface area contributed by atoms with E-state index in [9.17, 15) is 24.6 Å². The zero-order valence-corrected chi connectivity index (χ0v) is 29.6. The largest absolute Gasteiger partial charge is 0.390 e. The van der Waals surface area contributed by atoms with Crippen LogP contribution in [0, 0.1) is 30.1 Å². The van der Waals surface area contributed by atoms with Gasteiger partial charge in [0.15, 0.2) is 0 Å². The predicted octanol–water partition coefficient (Wildman–Crippen LogP) is 3.47. The van der Waals surface area contributed by atoms with Crippen molar-refractivity contribution in [2.24, 2.45) is 17.8 Å². The highest BCUT2D eigenvalue weighted by Crippen LogP contribution is 2.29. The Labute approximate surface area is 287 Å². The maximum Gasteiger partial charge on any atom is 0.243 e. The molecule has 1 heterocycles. The Balaban J connectivity index is 1.71. The number of hydrogen-bond donors (Lipinski definition) is 4. The predicted molar refractivity (Wildman–Crippen MR) is 190 cm³/mol. The molecule has 0 radical (unpaired) electrons. The van der Waals surface area contributed by atoms with Gasteiger partial charge in [-0.2, -0.15) is 11.8 Å². The fourth-order valence-electron chi connectivity index (χ4n) is 6.62. The lowest BCUT2D eigenvalue weighted by Crippen LogP contribution is -2.56. The Hall–Kier alpha value is -2.58. The van der Waals surface area contributed by atoms with Crippen LogP contribution in [0.25, 0.3) is 0 Å². The molecule has 2 fully saturated rings. The van der Waals surface area contributed by atoms with Gasteiger partial charge in [0, 0.05) is 57.6 Å². The van der Waals surface area contributed by atoms with Crippen LogP contribution in [0.15, 0.2) is 30.3 Å². The Morgan fingerprint density at radius 1 is 1.04 bits per heavy atom. The van der Waals surface area contributed by atoms with Gasteiger partial charge >= 0.3 is 0 Å². The van der Waals surface area contributed by atoms with Gasteiger partial charge in [0.2, 0.25) is 17.7 Å². The molecule has 3 rings (SSSR count). The molecule has 3 amide bonds. The molecular formula is C37H58N4O5S. The van der Waals surface area contributed by atoms with E-state index in [0.717, 1.165) is 62.4 Å². The average molecular weight is 671 g/mol. The SMILES string of the molecule is C#CC[C@H](NC(=O)[C@@H](CC(=O)N(C)CCN1CCSCC1)Cc1ccccc1)C(=O)NC(CC1CCCCC1)[C@@H](O)[C@@H](O)CC(C)C. The molecule has 0 spiro atoms. The normalized spacial score (nSPS) is 19.2. The van der Waals surface area contributed by atoms with Gasteiger partial charge < -0.3 is 25.7 Å². The number of thioether (sulfide) groups is 1. The highest BCUT2D eigenvalue weighted by molar-refractivity contribution is 7.99. The number of carbonyl (C=O) groups is 3. The van der Waals surface area contributed by atoms with Crippen molar-refractivity contribution in [1.82, 2.24) is 20.4 Å². The minimum atomic E-state index is -1.15. The van der Waals surface area contributed by atoms with Gasteiger partial charge in [-0.1, -0.05) is 76.3 Å². The van der Waals surface area contributed by atoms with Crippen LogP contribution < -0.4 is 10.6 Å². The lowest BCUT2D eigenvalue weighted by molar-refractivity contribution is -0.137. The molecule has 5 atom stereocenters. The number of hydrogen-bond acceptors (Lipinski definition) is 7. The summed E-state index contributed by atoms with van der Waals surface area (Å²) in [6, 6.07) is 7.83. The van der Waals surface area contributed by atoms with E-state index in [-0.39, 0.29) is 24.7 Å². The number of nitrogens with one attached hydrogen (secondary N) is 2. The molecule has 1 saturated heterocycles. The number of terminal acetylenes is 1. The third-order valence-electron chi connectivity index (χ3n) is 9.51. The second-order valence-electron chi connectivity index (χ2n) is 13.9. The Morgan fingerprint density at radius 3 is 2.36 bits per heavy atom. The highest BCUT2D eigenvalue weighted by atomic mass is 32.2. The summed E-state index contributed by atoms with van der Waals surface area (Å²) in [5, 5.41) is 27.8. The molecule has 1 saturated carbocycles. The standard InChI is InChI=1S/C37H58N4O5S/c1-5-12-31(37(46)39-32(25-29-15-10-7-11-16-29)35(44)33(42)23-27(2)3)38-36(45)30(24-28-13-8-6-9-14-28)26-34(43)40(4)17-18-41-19-21-47-22-20-41/h1,6,8-9,13-14,27,29-33,35,42,44H,7,10-12,15-26H2,2-4H3,(H,38,45)(H,39,46)/t30-,31+,32?,33+,35-/m1/s1. The zero-order chi connectivity index (χ0) is 34.2. The van der Waals surface area contributed by atoms with Crippen molar-refractivity contribution in [3.05, 3.63) is 35.9 Å². The Morgan fingerprint density at radius 2 is 1.72 bits per heavy atom. The molecule has 1 aromatic rings. The monoisotopic (exact) mass is 670 g/mol. The summed E-state index contributed by atoms with van der Waals surface area (Å²) in [6.45, 7) is 7.36. The number of nitrogens with zero attached hydrogens (tertiary/aromatic N) is 2. The second kappa shape index (κ2) is 20.7. The molecule has 1 unspecified atom stereocenters. The first-order valence-corrected chi connectivity index (χ1v) is 18.7. The van der Waals surface area contributed by atoms with E-state index in [4.69, 9.17) is 6.42 Å². The lowest BCUT2D eigenvalue weighted by Gasteiger charge is -2.33. The number of amides is 3. The molecule has 1 aromatic carbocycles. The number of likely N-dealkylation sites (N-methyl/N-ethyl adjacent to an activating group) is 1. The summed E-state index contributed by atoms with van der Waals surface area (Å²) < 4.78 is 0. The summed E-state index contributed by atoms with van der Waals surface area (Å²) in [5.41, 5.74) is 0.918. The Kier molecular flexibility index (Phi) is 17.1. The molecule has 2 aliphatic rings. The maximum atomic E-state index is 13.8. The van der Waals surface area contributed by atoms with E-state index in [0.29, 0.717) is 31.7 Å². The van der Waals surface area contributed by atoms with Crippen LogP contribution in [0.4, 0.5) is 0 Å². The van der Waals surface area contributed by atoms with Crippen LogP contribution in [-0.2, 0) is 20.8 Å². The van der Waals surface area contributed by atoms with Crippen LogP contribution in [0.2, 0.25) is 0 Å². The summed E-state index contributed by atoms with van der Waals surface area (Å²) in [7, 11) is 1.78. The minimum absolute atomic E-state index is 0.00187. The van der Waals surface area contributed by atoms with Gasteiger partial charge in [-0.25, -0.2) is 0 Å². The molecular weight excluding hydrogens is 612 g/mol.